The van der Waals surface area contributed by atoms with Crippen LogP contribution in [0, 0.1) is 5.41 Å². The standard InChI is InChI=1S/C21H19Cl2N3/c1-25(15-9-10-17(22)18(23)12-15)21(24)26(2)19-11-8-14-7-6-13-4-3-5-16(19)20(13)14/h3-5,8-12,24H,6-7H2,1-2H3. The Morgan fingerprint density at radius 1 is 0.885 bits per heavy atom. The van der Waals surface area contributed by atoms with Gasteiger partial charge in [-0.25, -0.2) is 0 Å². The van der Waals surface area contributed by atoms with Gasteiger partial charge >= 0.3 is 0 Å². The Kier molecular flexibility index (Phi) is 4.29. The molecule has 1 aliphatic rings. The van der Waals surface area contributed by atoms with Crippen molar-refractivity contribution < 1.29 is 0 Å². The Morgan fingerprint density at radius 2 is 1.62 bits per heavy atom. The van der Waals surface area contributed by atoms with Gasteiger partial charge in [0.05, 0.1) is 15.7 Å². The van der Waals surface area contributed by atoms with Gasteiger partial charge in [-0.1, -0.05) is 47.5 Å². The Labute approximate surface area is 163 Å². The number of nitrogens with one attached hydrogen (secondary N) is 1. The molecule has 26 heavy (non-hydrogen) atoms. The second-order valence-electron chi connectivity index (χ2n) is 6.62. The van der Waals surface area contributed by atoms with Crippen LogP contribution in [-0.4, -0.2) is 20.1 Å². The summed E-state index contributed by atoms with van der Waals surface area (Å²) in [4.78, 5) is 3.70. The van der Waals surface area contributed by atoms with Gasteiger partial charge in [0.25, 0.3) is 0 Å². The molecule has 0 amide bonds. The van der Waals surface area contributed by atoms with Crippen LogP contribution in [0.5, 0.6) is 0 Å². The van der Waals surface area contributed by atoms with Crippen LogP contribution < -0.4 is 9.80 Å². The molecule has 132 valence electrons. The van der Waals surface area contributed by atoms with Crippen LogP contribution in [0.25, 0.3) is 10.8 Å². The number of rotatable bonds is 2. The maximum Gasteiger partial charge on any atom is 0.202 e. The molecule has 0 aliphatic heterocycles. The van der Waals surface area contributed by atoms with Crippen molar-refractivity contribution in [3.05, 3.63) is 69.7 Å². The third kappa shape index (κ3) is 2.72. The fourth-order valence-electron chi connectivity index (χ4n) is 3.68. The zero-order valence-electron chi connectivity index (χ0n) is 14.7. The van der Waals surface area contributed by atoms with E-state index in [-0.39, 0.29) is 0 Å². The summed E-state index contributed by atoms with van der Waals surface area (Å²) in [7, 11) is 3.79. The van der Waals surface area contributed by atoms with Crippen molar-refractivity contribution in [2.45, 2.75) is 12.8 Å². The topological polar surface area (TPSA) is 30.3 Å². The molecule has 1 N–H and O–H groups in total. The summed E-state index contributed by atoms with van der Waals surface area (Å²) < 4.78 is 0. The molecule has 0 saturated carbocycles. The lowest BCUT2D eigenvalue weighted by Crippen LogP contribution is -2.39. The Morgan fingerprint density at radius 3 is 2.35 bits per heavy atom. The summed E-state index contributed by atoms with van der Waals surface area (Å²) >= 11 is 12.1. The Balaban J connectivity index is 1.71. The first-order chi connectivity index (χ1) is 12.5. The van der Waals surface area contributed by atoms with E-state index >= 15 is 0 Å². The molecule has 0 saturated heterocycles. The average Bonchev–Trinajstić information content (AvgIpc) is 3.08. The van der Waals surface area contributed by atoms with Gasteiger partial charge in [0.1, 0.15) is 0 Å². The third-order valence-electron chi connectivity index (χ3n) is 5.14. The second-order valence-corrected chi connectivity index (χ2v) is 7.44. The third-order valence-corrected chi connectivity index (χ3v) is 5.88. The molecule has 3 aromatic rings. The minimum atomic E-state index is 0.363. The molecule has 3 aromatic carbocycles. The van der Waals surface area contributed by atoms with E-state index in [0.717, 1.165) is 24.2 Å². The summed E-state index contributed by atoms with van der Waals surface area (Å²) in [6.45, 7) is 0. The van der Waals surface area contributed by atoms with Crippen molar-refractivity contribution in [3.63, 3.8) is 0 Å². The van der Waals surface area contributed by atoms with E-state index in [4.69, 9.17) is 28.6 Å². The van der Waals surface area contributed by atoms with E-state index in [2.05, 4.69) is 30.3 Å². The highest BCUT2D eigenvalue weighted by atomic mass is 35.5. The smallest absolute Gasteiger partial charge is 0.202 e. The van der Waals surface area contributed by atoms with Crippen LogP contribution in [0.15, 0.2) is 48.5 Å². The minimum absolute atomic E-state index is 0.363. The van der Waals surface area contributed by atoms with Crippen LogP contribution >= 0.6 is 23.2 Å². The van der Waals surface area contributed by atoms with Gasteiger partial charge in [-0.2, -0.15) is 0 Å². The lowest BCUT2D eigenvalue weighted by molar-refractivity contribution is 1.02. The van der Waals surface area contributed by atoms with E-state index in [1.54, 1.807) is 17.0 Å². The van der Waals surface area contributed by atoms with Crippen LogP contribution in [0.2, 0.25) is 10.0 Å². The van der Waals surface area contributed by atoms with Crippen molar-refractivity contribution in [3.8, 4) is 0 Å². The van der Waals surface area contributed by atoms with Gasteiger partial charge in [0.15, 0.2) is 0 Å². The molecule has 0 aromatic heterocycles. The predicted molar refractivity (Wildman–Crippen MR) is 112 cm³/mol. The highest BCUT2D eigenvalue weighted by Gasteiger charge is 2.20. The molecule has 1 aliphatic carbocycles. The van der Waals surface area contributed by atoms with Gasteiger partial charge in [-0.05, 0) is 53.6 Å². The number of guanidine groups is 1. The maximum absolute atomic E-state index is 8.67. The zero-order chi connectivity index (χ0) is 18.4. The number of aryl methyl sites for hydroxylation is 2. The Bertz CT molecular complexity index is 1020. The number of anilines is 2. The second kappa shape index (κ2) is 6.49. The van der Waals surface area contributed by atoms with Crippen LogP contribution in [-0.2, 0) is 12.8 Å². The van der Waals surface area contributed by atoms with Crippen molar-refractivity contribution >= 4 is 51.3 Å². The number of benzene rings is 3. The SMILES string of the molecule is CN(C(=N)N(C)c1ccc2c3c(cccc13)CC2)c1ccc(Cl)c(Cl)c1. The highest BCUT2D eigenvalue weighted by Crippen LogP contribution is 2.36. The van der Waals surface area contributed by atoms with E-state index in [9.17, 15) is 0 Å². The molecular weight excluding hydrogens is 365 g/mol. The molecule has 5 heteroatoms. The number of nitrogens with zero attached hydrogens (tertiary/aromatic N) is 2. The molecule has 0 spiro atoms. The number of hydrogen-bond acceptors (Lipinski definition) is 1. The first-order valence-corrected chi connectivity index (χ1v) is 9.27. The van der Waals surface area contributed by atoms with Crippen molar-refractivity contribution in [1.29, 1.82) is 5.41 Å². The fraction of sp³-hybridized carbons (Fsp3) is 0.190. The molecule has 0 radical (unpaired) electrons. The van der Waals surface area contributed by atoms with Gasteiger partial charge in [0, 0.05) is 25.2 Å². The summed E-state index contributed by atoms with van der Waals surface area (Å²) in [5.74, 6) is 0.363. The first kappa shape index (κ1) is 17.2. The van der Waals surface area contributed by atoms with Gasteiger partial charge in [0.2, 0.25) is 5.96 Å². The molecule has 0 unspecified atom stereocenters. The predicted octanol–water partition coefficient (Wildman–Crippen LogP) is 5.75. The summed E-state index contributed by atoms with van der Waals surface area (Å²) in [6, 6.07) is 16.2. The van der Waals surface area contributed by atoms with E-state index in [0.29, 0.717) is 16.0 Å². The van der Waals surface area contributed by atoms with Crippen LogP contribution in [0.1, 0.15) is 11.1 Å². The minimum Gasteiger partial charge on any atom is -0.315 e. The highest BCUT2D eigenvalue weighted by molar-refractivity contribution is 6.42. The average molecular weight is 384 g/mol. The lowest BCUT2D eigenvalue weighted by atomic mass is 10.0. The van der Waals surface area contributed by atoms with Gasteiger partial charge < -0.3 is 9.80 Å². The van der Waals surface area contributed by atoms with Crippen molar-refractivity contribution in [2.75, 3.05) is 23.9 Å². The molecule has 3 nitrogen and oxygen atoms in total. The van der Waals surface area contributed by atoms with Crippen LogP contribution in [0.3, 0.4) is 0 Å². The van der Waals surface area contributed by atoms with E-state index < -0.39 is 0 Å². The number of hydrogen-bond donors (Lipinski definition) is 1. The maximum atomic E-state index is 8.67. The van der Waals surface area contributed by atoms with Crippen molar-refractivity contribution in [2.24, 2.45) is 0 Å². The van der Waals surface area contributed by atoms with Crippen LogP contribution in [0.4, 0.5) is 11.4 Å². The van der Waals surface area contributed by atoms with E-state index in [1.165, 1.54) is 21.9 Å². The number of halogens is 2. The fourth-order valence-corrected chi connectivity index (χ4v) is 3.97. The Hall–Kier alpha value is -2.23. The molecule has 0 heterocycles. The summed E-state index contributed by atoms with van der Waals surface area (Å²) in [5.41, 5.74) is 4.65. The first-order valence-electron chi connectivity index (χ1n) is 8.52. The summed E-state index contributed by atoms with van der Waals surface area (Å²) in [5, 5.41) is 12.2. The molecule has 4 rings (SSSR count). The molecule has 0 atom stereocenters. The van der Waals surface area contributed by atoms with Gasteiger partial charge in [-0.15, -0.1) is 0 Å². The zero-order valence-corrected chi connectivity index (χ0v) is 16.2. The van der Waals surface area contributed by atoms with E-state index in [1.807, 2.05) is 25.1 Å². The normalized spacial score (nSPS) is 12.5. The largest absolute Gasteiger partial charge is 0.315 e. The quantitative estimate of drug-likeness (QED) is 0.450. The molecule has 0 fully saturated rings. The van der Waals surface area contributed by atoms with Crippen molar-refractivity contribution in [1.82, 2.24) is 0 Å². The molecular formula is C21H19Cl2N3. The summed E-state index contributed by atoms with van der Waals surface area (Å²) in [6.07, 6.45) is 2.20. The van der Waals surface area contributed by atoms with Gasteiger partial charge in [-0.3, -0.25) is 5.41 Å². The lowest BCUT2D eigenvalue weighted by Gasteiger charge is -2.29. The monoisotopic (exact) mass is 383 g/mol. The molecule has 0 bridgehead atoms.